The lowest BCUT2D eigenvalue weighted by atomic mass is 9.89. The summed E-state index contributed by atoms with van der Waals surface area (Å²) in [7, 11) is 0. The molecule has 0 saturated heterocycles. The second-order valence-corrected chi connectivity index (χ2v) is 5.92. The maximum Gasteiger partial charge on any atom is 0.307 e. The number of hydrogen-bond donors (Lipinski definition) is 1. The van der Waals surface area contributed by atoms with Gasteiger partial charge in [-0.3, -0.25) is 4.79 Å². The van der Waals surface area contributed by atoms with Gasteiger partial charge in [-0.05, 0) is 43.1 Å². The van der Waals surface area contributed by atoms with Crippen molar-refractivity contribution in [3.05, 3.63) is 29.8 Å². The van der Waals surface area contributed by atoms with E-state index in [1.54, 1.807) is 0 Å². The molecule has 19 heavy (non-hydrogen) atoms. The summed E-state index contributed by atoms with van der Waals surface area (Å²) in [5.74, 6) is 2.38. The zero-order valence-electron chi connectivity index (χ0n) is 11.0. The van der Waals surface area contributed by atoms with Crippen molar-refractivity contribution in [3.8, 4) is 5.75 Å². The van der Waals surface area contributed by atoms with E-state index in [2.05, 4.69) is 0 Å². The number of hydrogen-bond acceptors (Lipinski definition) is 2. The molecule has 3 rings (SSSR count). The zero-order valence-corrected chi connectivity index (χ0v) is 11.0. The van der Waals surface area contributed by atoms with Gasteiger partial charge < -0.3 is 9.84 Å². The number of rotatable bonds is 5. The summed E-state index contributed by atoms with van der Waals surface area (Å²) in [5.41, 5.74) is 0.776. The van der Waals surface area contributed by atoms with Gasteiger partial charge in [-0.25, -0.2) is 0 Å². The Bertz CT molecular complexity index is 469. The van der Waals surface area contributed by atoms with Crippen LogP contribution in [0.3, 0.4) is 0 Å². The molecule has 1 aromatic carbocycles. The average molecular weight is 260 g/mol. The molecule has 1 aromatic rings. The van der Waals surface area contributed by atoms with E-state index < -0.39 is 5.97 Å². The second kappa shape index (κ2) is 5.24. The summed E-state index contributed by atoms with van der Waals surface area (Å²) in [4.78, 5) is 10.8. The first-order valence-corrected chi connectivity index (χ1v) is 7.15. The summed E-state index contributed by atoms with van der Waals surface area (Å²) < 4.78 is 5.91. The lowest BCUT2D eigenvalue weighted by Gasteiger charge is -2.22. The maximum atomic E-state index is 10.8. The van der Waals surface area contributed by atoms with Crippen LogP contribution in [0.5, 0.6) is 5.75 Å². The molecule has 1 N–H and O–H groups in total. The average Bonchev–Trinajstić information content (AvgIpc) is 2.99. The monoisotopic (exact) mass is 260 g/mol. The number of para-hydroxylation sites is 1. The molecular weight excluding hydrogens is 240 g/mol. The van der Waals surface area contributed by atoms with Crippen LogP contribution in [0.25, 0.3) is 0 Å². The Kier molecular flexibility index (Phi) is 3.45. The number of benzene rings is 1. The van der Waals surface area contributed by atoms with E-state index >= 15 is 0 Å². The first-order chi connectivity index (χ1) is 9.22. The molecule has 3 unspecified atom stereocenters. The van der Waals surface area contributed by atoms with Crippen molar-refractivity contribution in [2.45, 2.75) is 32.1 Å². The predicted octanol–water partition coefficient (Wildman–Crippen LogP) is 3.13. The Morgan fingerprint density at radius 3 is 2.79 bits per heavy atom. The van der Waals surface area contributed by atoms with Crippen LogP contribution in [-0.2, 0) is 11.2 Å². The number of carboxylic acid groups (broad SMARTS) is 1. The van der Waals surface area contributed by atoms with E-state index in [0.717, 1.165) is 29.8 Å². The van der Waals surface area contributed by atoms with Gasteiger partial charge in [0.1, 0.15) is 5.75 Å². The minimum Gasteiger partial charge on any atom is -0.493 e. The Hall–Kier alpha value is -1.51. The normalized spacial score (nSPS) is 28.5. The number of ether oxygens (including phenoxy) is 1. The summed E-state index contributed by atoms with van der Waals surface area (Å²) in [6.45, 7) is 0.748. The highest BCUT2D eigenvalue weighted by atomic mass is 16.5. The molecular formula is C16H20O3. The molecule has 3 nitrogen and oxygen atoms in total. The van der Waals surface area contributed by atoms with Crippen LogP contribution in [-0.4, -0.2) is 17.7 Å². The highest BCUT2D eigenvalue weighted by molar-refractivity contribution is 5.71. The Balaban J connectivity index is 1.62. The van der Waals surface area contributed by atoms with Crippen LogP contribution < -0.4 is 4.74 Å². The van der Waals surface area contributed by atoms with Gasteiger partial charge >= 0.3 is 5.97 Å². The highest BCUT2D eigenvalue weighted by Crippen LogP contribution is 2.48. The molecule has 2 fully saturated rings. The van der Waals surface area contributed by atoms with Gasteiger partial charge in [0.05, 0.1) is 13.0 Å². The van der Waals surface area contributed by atoms with Crippen LogP contribution in [0, 0.1) is 17.8 Å². The lowest BCUT2D eigenvalue weighted by molar-refractivity contribution is -0.136. The molecule has 0 aliphatic heterocycles. The summed E-state index contributed by atoms with van der Waals surface area (Å²) in [5, 5.41) is 8.90. The van der Waals surface area contributed by atoms with Crippen LogP contribution in [0.1, 0.15) is 31.2 Å². The summed E-state index contributed by atoms with van der Waals surface area (Å²) in [6.07, 6.45) is 5.47. The first-order valence-electron chi connectivity index (χ1n) is 7.15. The molecule has 0 radical (unpaired) electrons. The first kappa shape index (κ1) is 12.5. The Labute approximate surface area is 113 Å². The highest BCUT2D eigenvalue weighted by Gasteiger charge is 2.39. The third-order valence-corrected chi connectivity index (χ3v) is 4.65. The van der Waals surface area contributed by atoms with Crippen LogP contribution >= 0.6 is 0 Å². The fourth-order valence-corrected chi connectivity index (χ4v) is 3.73. The third-order valence-electron chi connectivity index (χ3n) is 4.65. The van der Waals surface area contributed by atoms with Crippen molar-refractivity contribution in [2.24, 2.45) is 17.8 Å². The van der Waals surface area contributed by atoms with Crippen molar-refractivity contribution in [1.29, 1.82) is 0 Å². The van der Waals surface area contributed by atoms with E-state index in [9.17, 15) is 4.79 Å². The van der Waals surface area contributed by atoms with Gasteiger partial charge in [0.15, 0.2) is 0 Å². The van der Waals surface area contributed by atoms with Gasteiger partial charge in [-0.1, -0.05) is 24.6 Å². The molecule has 3 atom stereocenters. The minimum atomic E-state index is -0.809. The molecule has 0 heterocycles. The minimum absolute atomic E-state index is 0.0346. The van der Waals surface area contributed by atoms with Crippen molar-refractivity contribution < 1.29 is 14.6 Å². The Morgan fingerprint density at radius 2 is 2.11 bits per heavy atom. The quantitative estimate of drug-likeness (QED) is 0.884. The summed E-state index contributed by atoms with van der Waals surface area (Å²) >= 11 is 0. The van der Waals surface area contributed by atoms with Gasteiger partial charge in [0, 0.05) is 5.56 Å². The van der Waals surface area contributed by atoms with Crippen molar-refractivity contribution in [2.75, 3.05) is 6.61 Å². The van der Waals surface area contributed by atoms with Crippen LogP contribution in [0.15, 0.2) is 24.3 Å². The van der Waals surface area contributed by atoms with Crippen molar-refractivity contribution in [1.82, 2.24) is 0 Å². The fraction of sp³-hybridized carbons (Fsp3) is 0.562. The molecule has 0 spiro atoms. The van der Waals surface area contributed by atoms with Crippen LogP contribution in [0.4, 0.5) is 0 Å². The molecule has 0 amide bonds. The van der Waals surface area contributed by atoms with E-state index in [4.69, 9.17) is 9.84 Å². The molecule has 2 bridgehead atoms. The number of carboxylic acids is 1. The molecule has 2 saturated carbocycles. The van der Waals surface area contributed by atoms with E-state index in [-0.39, 0.29) is 6.42 Å². The van der Waals surface area contributed by atoms with Gasteiger partial charge in [0.25, 0.3) is 0 Å². The predicted molar refractivity (Wildman–Crippen MR) is 72.2 cm³/mol. The van der Waals surface area contributed by atoms with Gasteiger partial charge in [-0.2, -0.15) is 0 Å². The fourth-order valence-electron chi connectivity index (χ4n) is 3.73. The zero-order chi connectivity index (χ0) is 13.2. The molecule has 2 aliphatic rings. The molecule has 2 aliphatic carbocycles. The Morgan fingerprint density at radius 1 is 1.26 bits per heavy atom. The molecule has 0 aromatic heterocycles. The smallest absolute Gasteiger partial charge is 0.307 e. The maximum absolute atomic E-state index is 10.8. The van der Waals surface area contributed by atoms with Gasteiger partial charge in [-0.15, -0.1) is 0 Å². The number of carbonyl (C=O) groups is 1. The largest absolute Gasteiger partial charge is 0.493 e. The topological polar surface area (TPSA) is 46.5 Å². The van der Waals surface area contributed by atoms with E-state index in [1.165, 1.54) is 25.7 Å². The standard InChI is InChI=1S/C16H20O3/c17-16(18)9-13-3-1-2-4-15(13)19-10-14-8-11-5-6-12(14)7-11/h1-4,11-12,14H,5-10H2,(H,17,18). The molecule has 3 heteroatoms. The molecule has 102 valence electrons. The van der Waals surface area contributed by atoms with E-state index in [1.807, 2.05) is 24.3 Å². The number of aliphatic carboxylic acids is 1. The summed E-state index contributed by atoms with van der Waals surface area (Å²) in [6, 6.07) is 7.49. The second-order valence-electron chi connectivity index (χ2n) is 5.92. The van der Waals surface area contributed by atoms with E-state index in [0.29, 0.717) is 5.92 Å². The van der Waals surface area contributed by atoms with Gasteiger partial charge in [0.2, 0.25) is 0 Å². The lowest BCUT2D eigenvalue weighted by Crippen LogP contribution is -2.19. The SMILES string of the molecule is O=C(O)Cc1ccccc1OCC1CC2CCC1C2. The van der Waals surface area contributed by atoms with Crippen molar-refractivity contribution in [3.63, 3.8) is 0 Å². The third kappa shape index (κ3) is 2.75. The number of fused-ring (bicyclic) bond motifs is 2. The van der Waals surface area contributed by atoms with Crippen molar-refractivity contribution >= 4 is 5.97 Å². The van der Waals surface area contributed by atoms with Crippen LogP contribution in [0.2, 0.25) is 0 Å².